The van der Waals surface area contributed by atoms with E-state index in [1.54, 1.807) is 14.0 Å². The molecule has 0 saturated carbocycles. The third-order valence-electron chi connectivity index (χ3n) is 2.03. The van der Waals surface area contributed by atoms with E-state index in [9.17, 15) is 4.79 Å². The van der Waals surface area contributed by atoms with Gasteiger partial charge in [0.25, 0.3) is 0 Å². The van der Waals surface area contributed by atoms with Gasteiger partial charge in [-0.3, -0.25) is 4.79 Å². The summed E-state index contributed by atoms with van der Waals surface area (Å²) < 4.78 is 10.1. The molecule has 0 spiro atoms. The Labute approximate surface area is 85.2 Å². The number of ether oxygens (including phenoxy) is 2. The molecule has 0 amide bonds. The van der Waals surface area contributed by atoms with Gasteiger partial charge in [0.05, 0.1) is 19.1 Å². The number of carbonyl (C=O) groups is 1. The van der Waals surface area contributed by atoms with Crippen LogP contribution in [0.25, 0.3) is 0 Å². The third-order valence-corrected chi connectivity index (χ3v) is 2.03. The first kappa shape index (κ1) is 13.4. The van der Waals surface area contributed by atoms with Gasteiger partial charge in [0.1, 0.15) is 0 Å². The van der Waals surface area contributed by atoms with Crippen molar-refractivity contribution in [3.05, 3.63) is 0 Å². The summed E-state index contributed by atoms with van der Waals surface area (Å²) in [5.41, 5.74) is 0. The summed E-state index contributed by atoms with van der Waals surface area (Å²) in [5.74, 6) is -0.959. The van der Waals surface area contributed by atoms with Crippen LogP contribution in [0.2, 0.25) is 0 Å². The highest BCUT2D eigenvalue weighted by Gasteiger charge is 2.09. The second-order valence-electron chi connectivity index (χ2n) is 3.34. The standard InChI is InChI=1S/C10H20O4/c1-9(10(11)12)5-3-4-6-14-8-7-13-2/h9H,3-8H2,1-2H3,(H,11,12). The molecule has 1 atom stereocenters. The van der Waals surface area contributed by atoms with Crippen LogP contribution in [0.5, 0.6) is 0 Å². The van der Waals surface area contributed by atoms with E-state index in [0.717, 1.165) is 19.3 Å². The zero-order chi connectivity index (χ0) is 10.8. The van der Waals surface area contributed by atoms with Crippen molar-refractivity contribution >= 4 is 5.97 Å². The van der Waals surface area contributed by atoms with Crippen molar-refractivity contribution in [2.45, 2.75) is 26.2 Å². The summed E-state index contributed by atoms with van der Waals surface area (Å²) in [6.45, 7) is 3.65. The first-order valence-electron chi connectivity index (χ1n) is 4.98. The van der Waals surface area contributed by atoms with Crippen molar-refractivity contribution in [3.63, 3.8) is 0 Å². The average molecular weight is 204 g/mol. The minimum atomic E-state index is -0.717. The Bertz CT molecular complexity index is 147. The van der Waals surface area contributed by atoms with Crippen molar-refractivity contribution in [1.82, 2.24) is 0 Å². The number of methoxy groups -OCH3 is 1. The van der Waals surface area contributed by atoms with E-state index in [2.05, 4.69) is 0 Å². The van der Waals surface area contributed by atoms with Gasteiger partial charge in [0.2, 0.25) is 0 Å². The van der Waals surface area contributed by atoms with Gasteiger partial charge >= 0.3 is 5.97 Å². The smallest absolute Gasteiger partial charge is 0.306 e. The topological polar surface area (TPSA) is 55.8 Å². The second kappa shape index (κ2) is 8.97. The normalized spacial score (nSPS) is 12.7. The van der Waals surface area contributed by atoms with Gasteiger partial charge in [-0.15, -0.1) is 0 Å². The van der Waals surface area contributed by atoms with Gasteiger partial charge in [0, 0.05) is 13.7 Å². The van der Waals surface area contributed by atoms with Crippen LogP contribution in [-0.2, 0) is 14.3 Å². The molecule has 0 bridgehead atoms. The van der Waals surface area contributed by atoms with E-state index >= 15 is 0 Å². The summed E-state index contributed by atoms with van der Waals surface area (Å²) >= 11 is 0. The molecule has 84 valence electrons. The summed E-state index contributed by atoms with van der Waals surface area (Å²) in [5, 5.41) is 8.61. The van der Waals surface area contributed by atoms with E-state index in [0.29, 0.717) is 19.8 Å². The minimum Gasteiger partial charge on any atom is -0.481 e. The van der Waals surface area contributed by atoms with E-state index in [4.69, 9.17) is 14.6 Å². The molecule has 0 heterocycles. The van der Waals surface area contributed by atoms with Crippen LogP contribution in [0.1, 0.15) is 26.2 Å². The van der Waals surface area contributed by atoms with Gasteiger partial charge in [-0.25, -0.2) is 0 Å². The number of aliphatic carboxylic acids is 1. The Morgan fingerprint density at radius 2 is 2.00 bits per heavy atom. The number of carboxylic acid groups (broad SMARTS) is 1. The predicted molar refractivity (Wildman–Crippen MR) is 53.3 cm³/mol. The maximum atomic E-state index is 10.5. The van der Waals surface area contributed by atoms with E-state index in [1.807, 2.05) is 0 Å². The lowest BCUT2D eigenvalue weighted by Gasteiger charge is -2.06. The van der Waals surface area contributed by atoms with E-state index in [-0.39, 0.29) is 5.92 Å². The highest BCUT2D eigenvalue weighted by Crippen LogP contribution is 2.07. The van der Waals surface area contributed by atoms with Crippen molar-refractivity contribution in [3.8, 4) is 0 Å². The fraction of sp³-hybridized carbons (Fsp3) is 0.900. The molecule has 1 N–H and O–H groups in total. The largest absolute Gasteiger partial charge is 0.481 e. The molecule has 0 aliphatic heterocycles. The Hall–Kier alpha value is -0.610. The maximum absolute atomic E-state index is 10.5. The van der Waals surface area contributed by atoms with Crippen molar-refractivity contribution < 1.29 is 19.4 Å². The van der Waals surface area contributed by atoms with Crippen LogP contribution in [0.15, 0.2) is 0 Å². The fourth-order valence-electron chi connectivity index (χ4n) is 1.02. The van der Waals surface area contributed by atoms with Gasteiger partial charge in [0.15, 0.2) is 0 Å². The first-order valence-corrected chi connectivity index (χ1v) is 4.98. The molecule has 4 heteroatoms. The molecule has 0 saturated heterocycles. The second-order valence-corrected chi connectivity index (χ2v) is 3.34. The highest BCUT2D eigenvalue weighted by molar-refractivity contribution is 5.69. The SMILES string of the molecule is COCCOCCCCC(C)C(=O)O. The minimum absolute atomic E-state index is 0.242. The molecule has 0 aromatic heterocycles. The highest BCUT2D eigenvalue weighted by atomic mass is 16.5. The fourth-order valence-corrected chi connectivity index (χ4v) is 1.02. The van der Waals surface area contributed by atoms with E-state index in [1.165, 1.54) is 0 Å². The summed E-state index contributed by atoms with van der Waals surface area (Å²) in [6.07, 6.45) is 2.55. The molecule has 0 aliphatic carbocycles. The summed E-state index contributed by atoms with van der Waals surface area (Å²) in [4.78, 5) is 10.5. The number of hydrogen-bond acceptors (Lipinski definition) is 3. The average Bonchev–Trinajstić information content (AvgIpc) is 2.16. The van der Waals surface area contributed by atoms with Crippen LogP contribution < -0.4 is 0 Å². The zero-order valence-corrected chi connectivity index (χ0v) is 8.99. The lowest BCUT2D eigenvalue weighted by atomic mass is 10.1. The van der Waals surface area contributed by atoms with Gasteiger partial charge < -0.3 is 14.6 Å². The van der Waals surface area contributed by atoms with Crippen molar-refractivity contribution in [2.24, 2.45) is 5.92 Å². The number of unbranched alkanes of at least 4 members (excludes halogenated alkanes) is 1. The Morgan fingerprint density at radius 3 is 2.57 bits per heavy atom. The predicted octanol–water partition coefficient (Wildman–Crippen LogP) is 1.54. The number of rotatable bonds is 9. The quantitative estimate of drug-likeness (QED) is 0.579. The Balaban J connectivity index is 3.09. The Morgan fingerprint density at radius 1 is 1.29 bits per heavy atom. The number of hydrogen-bond donors (Lipinski definition) is 1. The molecule has 0 aromatic rings. The van der Waals surface area contributed by atoms with Gasteiger partial charge in [-0.05, 0) is 12.8 Å². The summed E-state index contributed by atoms with van der Waals surface area (Å²) in [7, 11) is 1.64. The molecule has 0 aliphatic rings. The molecule has 0 radical (unpaired) electrons. The van der Waals surface area contributed by atoms with E-state index < -0.39 is 5.97 Å². The van der Waals surface area contributed by atoms with Crippen LogP contribution in [0.3, 0.4) is 0 Å². The first-order chi connectivity index (χ1) is 6.68. The lowest BCUT2D eigenvalue weighted by molar-refractivity contribution is -0.141. The molecule has 0 aromatic carbocycles. The van der Waals surface area contributed by atoms with Gasteiger partial charge in [-0.1, -0.05) is 13.3 Å². The molecule has 0 rings (SSSR count). The molecule has 0 fully saturated rings. The Kier molecular flexibility index (Phi) is 8.57. The van der Waals surface area contributed by atoms with Crippen molar-refractivity contribution in [2.75, 3.05) is 26.9 Å². The monoisotopic (exact) mass is 204 g/mol. The lowest BCUT2D eigenvalue weighted by Crippen LogP contribution is -2.09. The molecule has 14 heavy (non-hydrogen) atoms. The maximum Gasteiger partial charge on any atom is 0.306 e. The van der Waals surface area contributed by atoms with Crippen LogP contribution in [0.4, 0.5) is 0 Å². The van der Waals surface area contributed by atoms with Crippen LogP contribution in [0, 0.1) is 5.92 Å². The number of carboxylic acids is 1. The molecule has 1 unspecified atom stereocenters. The van der Waals surface area contributed by atoms with Crippen LogP contribution >= 0.6 is 0 Å². The van der Waals surface area contributed by atoms with Crippen molar-refractivity contribution in [1.29, 1.82) is 0 Å². The summed E-state index contributed by atoms with van der Waals surface area (Å²) in [6, 6.07) is 0. The van der Waals surface area contributed by atoms with Crippen LogP contribution in [-0.4, -0.2) is 38.0 Å². The molecule has 4 nitrogen and oxygen atoms in total. The third kappa shape index (κ3) is 8.01. The molecular weight excluding hydrogens is 184 g/mol. The van der Waals surface area contributed by atoms with Gasteiger partial charge in [-0.2, -0.15) is 0 Å². The molecular formula is C10H20O4. The zero-order valence-electron chi connectivity index (χ0n) is 8.99.